The maximum Gasteiger partial charge on any atom is 0.264 e. The lowest BCUT2D eigenvalue weighted by atomic mass is 10.0. The Balaban J connectivity index is 1.89. The third kappa shape index (κ3) is 5.50. The van der Waals surface area contributed by atoms with Gasteiger partial charge in [0.1, 0.15) is 6.54 Å². The molecule has 1 unspecified atom stereocenters. The summed E-state index contributed by atoms with van der Waals surface area (Å²) < 4.78 is 28.0. The van der Waals surface area contributed by atoms with Crippen molar-refractivity contribution in [2.45, 2.75) is 38.6 Å². The predicted molar refractivity (Wildman–Crippen MR) is 130 cm³/mol. The standard InChI is InChI=1S/C25H27ClN2O3S/c1-17-5-10-22(11-6-17)28(32(30,31)23-12-8-21(26)9-13-23)16-25(29)27-20(4)24-14-7-18(2)15-19(24)3/h5-15,20H,16H2,1-4H3,(H,27,29). The summed E-state index contributed by atoms with van der Waals surface area (Å²) in [7, 11) is -3.98. The molecule has 0 aliphatic carbocycles. The molecule has 3 rings (SSSR count). The zero-order chi connectivity index (χ0) is 23.5. The van der Waals surface area contributed by atoms with Gasteiger partial charge in [0.15, 0.2) is 0 Å². The second kappa shape index (κ2) is 9.76. The number of nitrogens with zero attached hydrogens (tertiary/aromatic N) is 1. The number of carbonyl (C=O) groups excluding carboxylic acids is 1. The van der Waals surface area contributed by atoms with E-state index in [0.29, 0.717) is 10.7 Å². The summed E-state index contributed by atoms with van der Waals surface area (Å²) in [5.41, 5.74) is 4.61. The summed E-state index contributed by atoms with van der Waals surface area (Å²) >= 11 is 5.93. The van der Waals surface area contributed by atoms with Gasteiger partial charge >= 0.3 is 0 Å². The molecule has 1 amide bonds. The largest absolute Gasteiger partial charge is 0.348 e. The molecule has 0 spiro atoms. The van der Waals surface area contributed by atoms with E-state index in [4.69, 9.17) is 11.6 Å². The van der Waals surface area contributed by atoms with Crippen molar-refractivity contribution in [3.8, 4) is 0 Å². The summed E-state index contributed by atoms with van der Waals surface area (Å²) in [6.45, 7) is 7.47. The SMILES string of the molecule is Cc1ccc(N(CC(=O)NC(C)c2ccc(C)cc2C)S(=O)(=O)c2ccc(Cl)cc2)cc1. The Morgan fingerprint density at radius 2 is 1.53 bits per heavy atom. The van der Waals surface area contributed by atoms with E-state index >= 15 is 0 Å². The van der Waals surface area contributed by atoms with Crippen LogP contribution in [0.25, 0.3) is 0 Å². The summed E-state index contributed by atoms with van der Waals surface area (Å²) in [6.07, 6.45) is 0. The van der Waals surface area contributed by atoms with Gasteiger partial charge in [0.05, 0.1) is 16.6 Å². The van der Waals surface area contributed by atoms with Crippen LogP contribution in [0.4, 0.5) is 5.69 Å². The molecule has 168 valence electrons. The fourth-order valence-electron chi connectivity index (χ4n) is 3.57. The van der Waals surface area contributed by atoms with Gasteiger partial charge in [-0.2, -0.15) is 0 Å². The van der Waals surface area contributed by atoms with Gasteiger partial charge in [0.2, 0.25) is 5.91 Å². The average Bonchev–Trinajstić information content (AvgIpc) is 2.73. The fraction of sp³-hybridized carbons (Fsp3) is 0.240. The van der Waals surface area contributed by atoms with Gasteiger partial charge in [-0.05, 0) is 75.2 Å². The van der Waals surface area contributed by atoms with Gasteiger partial charge in [0, 0.05) is 5.02 Å². The minimum atomic E-state index is -3.98. The first-order valence-corrected chi connectivity index (χ1v) is 12.1. The smallest absolute Gasteiger partial charge is 0.264 e. The molecule has 1 N–H and O–H groups in total. The maximum absolute atomic E-state index is 13.4. The molecular weight excluding hydrogens is 444 g/mol. The van der Waals surface area contributed by atoms with Crippen molar-refractivity contribution in [2.75, 3.05) is 10.8 Å². The van der Waals surface area contributed by atoms with Crippen LogP contribution in [0.2, 0.25) is 5.02 Å². The molecule has 7 heteroatoms. The van der Waals surface area contributed by atoms with Crippen molar-refractivity contribution in [1.29, 1.82) is 0 Å². The van der Waals surface area contributed by atoms with Crippen LogP contribution >= 0.6 is 11.6 Å². The van der Waals surface area contributed by atoms with Crippen molar-refractivity contribution >= 4 is 33.2 Å². The molecular formula is C25H27ClN2O3S. The minimum Gasteiger partial charge on any atom is -0.348 e. The van der Waals surface area contributed by atoms with Gasteiger partial charge in [-0.1, -0.05) is 53.1 Å². The van der Waals surface area contributed by atoms with Crippen molar-refractivity contribution in [2.24, 2.45) is 0 Å². The van der Waals surface area contributed by atoms with E-state index in [1.54, 1.807) is 12.1 Å². The van der Waals surface area contributed by atoms with Gasteiger partial charge in [0.25, 0.3) is 10.0 Å². The van der Waals surface area contributed by atoms with Crippen LogP contribution in [0.5, 0.6) is 0 Å². The second-order valence-corrected chi connectivity index (χ2v) is 10.2. The van der Waals surface area contributed by atoms with E-state index in [0.717, 1.165) is 26.6 Å². The quantitative estimate of drug-likeness (QED) is 0.507. The van der Waals surface area contributed by atoms with Gasteiger partial charge in [-0.15, -0.1) is 0 Å². The molecule has 0 saturated carbocycles. The zero-order valence-corrected chi connectivity index (χ0v) is 20.2. The molecule has 0 aliphatic rings. The number of hydrogen-bond acceptors (Lipinski definition) is 3. The third-order valence-corrected chi connectivity index (χ3v) is 7.32. The highest BCUT2D eigenvalue weighted by atomic mass is 35.5. The molecule has 3 aromatic rings. The number of benzene rings is 3. The number of aryl methyl sites for hydroxylation is 3. The second-order valence-electron chi connectivity index (χ2n) is 7.95. The zero-order valence-electron chi connectivity index (χ0n) is 18.6. The monoisotopic (exact) mass is 470 g/mol. The summed E-state index contributed by atoms with van der Waals surface area (Å²) in [4.78, 5) is 13.0. The Morgan fingerprint density at radius 1 is 0.938 bits per heavy atom. The Kier molecular flexibility index (Phi) is 7.26. The number of anilines is 1. The van der Waals surface area contributed by atoms with Crippen molar-refractivity contribution in [3.05, 3.63) is 94.0 Å². The van der Waals surface area contributed by atoms with E-state index in [1.165, 1.54) is 24.3 Å². The van der Waals surface area contributed by atoms with E-state index in [9.17, 15) is 13.2 Å². The number of halogens is 1. The molecule has 0 aliphatic heterocycles. The lowest BCUT2D eigenvalue weighted by molar-refractivity contribution is -0.120. The Bertz CT molecular complexity index is 1210. The summed E-state index contributed by atoms with van der Waals surface area (Å²) in [5.74, 6) is -0.393. The number of amides is 1. The molecule has 0 radical (unpaired) electrons. The molecule has 1 atom stereocenters. The minimum absolute atomic E-state index is 0.0673. The Morgan fingerprint density at radius 3 is 2.12 bits per heavy atom. The number of carbonyl (C=O) groups is 1. The Labute approximate surface area is 195 Å². The third-order valence-electron chi connectivity index (χ3n) is 5.28. The lowest BCUT2D eigenvalue weighted by Gasteiger charge is -2.25. The van der Waals surface area contributed by atoms with E-state index in [2.05, 4.69) is 11.4 Å². The van der Waals surface area contributed by atoms with E-state index < -0.39 is 15.9 Å². The molecule has 0 saturated heterocycles. The van der Waals surface area contributed by atoms with E-state index in [-0.39, 0.29) is 17.5 Å². The van der Waals surface area contributed by atoms with Crippen LogP contribution in [0.3, 0.4) is 0 Å². The first kappa shape index (κ1) is 23.8. The molecule has 32 heavy (non-hydrogen) atoms. The van der Waals surface area contributed by atoms with Crippen LogP contribution in [0, 0.1) is 20.8 Å². The highest BCUT2D eigenvalue weighted by molar-refractivity contribution is 7.92. The van der Waals surface area contributed by atoms with Gasteiger partial charge in [-0.25, -0.2) is 8.42 Å². The maximum atomic E-state index is 13.4. The van der Waals surface area contributed by atoms with E-state index in [1.807, 2.05) is 52.0 Å². The molecule has 3 aromatic carbocycles. The summed E-state index contributed by atoms with van der Waals surface area (Å²) in [5, 5.41) is 3.37. The van der Waals surface area contributed by atoms with Crippen LogP contribution in [-0.2, 0) is 14.8 Å². The average molecular weight is 471 g/mol. The molecule has 5 nitrogen and oxygen atoms in total. The van der Waals surface area contributed by atoms with Crippen LogP contribution in [-0.4, -0.2) is 20.9 Å². The van der Waals surface area contributed by atoms with Crippen molar-refractivity contribution in [3.63, 3.8) is 0 Å². The lowest BCUT2D eigenvalue weighted by Crippen LogP contribution is -2.41. The highest BCUT2D eigenvalue weighted by Crippen LogP contribution is 2.25. The normalized spacial score (nSPS) is 12.3. The number of rotatable bonds is 7. The van der Waals surface area contributed by atoms with Gasteiger partial charge in [-0.3, -0.25) is 9.10 Å². The number of sulfonamides is 1. The van der Waals surface area contributed by atoms with Crippen molar-refractivity contribution in [1.82, 2.24) is 5.32 Å². The molecule has 0 aromatic heterocycles. The van der Waals surface area contributed by atoms with Crippen molar-refractivity contribution < 1.29 is 13.2 Å². The first-order chi connectivity index (χ1) is 15.1. The molecule has 0 bridgehead atoms. The highest BCUT2D eigenvalue weighted by Gasteiger charge is 2.28. The fourth-order valence-corrected chi connectivity index (χ4v) is 5.11. The topological polar surface area (TPSA) is 66.5 Å². The molecule has 0 heterocycles. The van der Waals surface area contributed by atoms with Gasteiger partial charge < -0.3 is 5.32 Å². The first-order valence-electron chi connectivity index (χ1n) is 10.3. The predicted octanol–water partition coefficient (Wildman–Crippen LogP) is 5.34. The number of hydrogen-bond donors (Lipinski definition) is 1. The Hall–Kier alpha value is -2.83. The summed E-state index contributed by atoms with van der Waals surface area (Å²) in [6, 6.07) is 18.7. The number of nitrogens with one attached hydrogen (secondary N) is 1. The van der Waals surface area contributed by atoms with Crippen LogP contribution < -0.4 is 9.62 Å². The van der Waals surface area contributed by atoms with Crippen LogP contribution in [0.15, 0.2) is 71.6 Å². The van der Waals surface area contributed by atoms with Crippen LogP contribution in [0.1, 0.15) is 35.2 Å². The molecule has 0 fully saturated rings.